The van der Waals surface area contributed by atoms with Crippen molar-refractivity contribution < 1.29 is 8.42 Å². The lowest BCUT2D eigenvalue weighted by Gasteiger charge is -2.39. The van der Waals surface area contributed by atoms with E-state index < -0.39 is 10.0 Å². The number of rotatable bonds is 8. The van der Waals surface area contributed by atoms with Crippen molar-refractivity contribution in [3.8, 4) is 0 Å². The van der Waals surface area contributed by atoms with Crippen LogP contribution in [0.25, 0.3) is 0 Å². The number of piperazine rings is 1. The molecular formula is C26H30Cl2N4O2S. The summed E-state index contributed by atoms with van der Waals surface area (Å²) < 4.78 is 29.1. The first kappa shape index (κ1) is 25.6. The fourth-order valence-electron chi connectivity index (χ4n) is 4.19. The topological polar surface area (TPSA) is 47.1 Å². The van der Waals surface area contributed by atoms with E-state index in [9.17, 15) is 8.42 Å². The smallest absolute Gasteiger partial charge is 0.264 e. The monoisotopic (exact) mass is 532 g/mol. The molecule has 0 N–H and O–H groups in total. The van der Waals surface area contributed by atoms with Gasteiger partial charge >= 0.3 is 0 Å². The van der Waals surface area contributed by atoms with E-state index >= 15 is 0 Å². The largest absolute Gasteiger partial charge is 0.368 e. The third-order valence-electron chi connectivity index (χ3n) is 6.11. The average Bonchev–Trinajstić information content (AvgIpc) is 2.85. The maximum Gasteiger partial charge on any atom is 0.264 e. The van der Waals surface area contributed by atoms with Crippen LogP contribution in [-0.2, 0) is 10.0 Å². The molecule has 0 aliphatic carbocycles. The minimum absolute atomic E-state index is 0.225. The lowest BCUT2D eigenvalue weighted by atomic mass is 10.2. The summed E-state index contributed by atoms with van der Waals surface area (Å²) in [7, 11) is 0.0918. The molecule has 0 spiro atoms. The van der Waals surface area contributed by atoms with E-state index in [2.05, 4.69) is 9.80 Å². The van der Waals surface area contributed by atoms with Crippen LogP contribution in [-0.4, -0.2) is 66.7 Å². The first-order valence-corrected chi connectivity index (χ1v) is 13.7. The van der Waals surface area contributed by atoms with Gasteiger partial charge in [0.05, 0.1) is 16.3 Å². The maximum atomic E-state index is 13.8. The molecule has 1 heterocycles. The van der Waals surface area contributed by atoms with E-state index in [0.717, 1.165) is 42.6 Å². The van der Waals surface area contributed by atoms with Crippen LogP contribution in [0.15, 0.2) is 77.7 Å². The molecule has 6 nitrogen and oxygen atoms in total. The van der Waals surface area contributed by atoms with Crippen LogP contribution in [0, 0.1) is 0 Å². The van der Waals surface area contributed by atoms with E-state index in [4.69, 9.17) is 23.2 Å². The van der Waals surface area contributed by atoms with Crippen LogP contribution in [0.1, 0.15) is 0 Å². The summed E-state index contributed by atoms with van der Waals surface area (Å²) >= 11 is 12.1. The molecule has 0 amide bonds. The van der Waals surface area contributed by atoms with E-state index in [1.807, 2.05) is 67.5 Å². The first-order chi connectivity index (χ1) is 16.8. The second-order valence-electron chi connectivity index (χ2n) is 8.77. The zero-order chi connectivity index (χ0) is 25.0. The van der Waals surface area contributed by atoms with Gasteiger partial charge in [-0.1, -0.05) is 35.3 Å². The number of likely N-dealkylation sites (N-methyl/N-ethyl adjacent to an activating group) is 1. The van der Waals surface area contributed by atoms with Gasteiger partial charge in [-0.25, -0.2) is 8.42 Å². The summed E-state index contributed by atoms with van der Waals surface area (Å²) in [4.78, 5) is 6.80. The molecule has 0 aromatic heterocycles. The molecule has 9 heteroatoms. The minimum atomic E-state index is -3.79. The van der Waals surface area contributed by atoms with Crippen LogP contribution in [0.4, 0.5) is 17.1 Å². The second kappa shape index (κ2) is 11.1. The SMILES string of the molecule is CN(C)CCN(c1ccccc1N1CCN(c2ccc(Cl)cc2)CC1)S(=O)(=O)c1ccc(Cl)cc1. The molecule has 0 atom stereocenters. The average molecular weight is 534 g/mol. The molecule has 3 aromatic carbocycles. The molecule has 0 saturated carbocycles. The van der Waals surface area contributed by atoms with Gasteiger partial charge in [-0.2, -0.15) is 0 Å². The molecule has 1 aliphatic rings. The fraction of sp³-hybridized carbons (Fsp3) is 0.308. The number of para-hydroxylation sites is 2. The highest BCUT2D eigenvalue weighted by Crippen LogP contribution is 2.34. The number of sulfonamides is 1. The van der Waals surface area contributed by atoms with Crippen molar-refractivity contribution in [2.75, 3.05) is 67.5 Å². The molecule has 4 rings (SSSR count). The van der Waals surface area contributed by atoms with E-state index in [1.165, 1.54) is 4.31 Å². The highest BCUT2D eigenvalue weighted by atomic mass is 35.5. The van der Waals surface area contributed by atoms with Gasteiger partial charge in [-0.3, -0.25) is 4.31 Å². The third-order valence-corrected chi connectivity index (χ3v) is 8.45. The Labute approximate surface area is 218 Å². The van der Waals surface area contributed by atoms with E-state index in [-0.39, 0.29) is 4.90 Å². The second-order valence-corrected chi connectivity index (χ2v) is 11.5. The molecule has 1 aliphatic heterocycles. The molecular weight excluding hydrogens is 503 g/mol. The zero-order valence-corrected chi connectivity index (χ0v) is 22.3. The summed E-state index contributed by atoms with van der Waals surface area (Å²) in [5.41, 5.74) is 2.74. The molecule has 35 heavy (non-hydrogen) atoms. The van der Waals surface area contributed by atoms with Crippen molar-refractivity contribution in [3.63, 3.8) is 0 Å². The van der Waals surface area contributed by atoms with Gasteiger partial charge in [0.2, 0.25) is 0 Å². The molecule has 1 saturated heterocycles. The highest BCUT2D eigenvalue weighted by Gasteiger charge is 2.29. The Balaban J connectivity index is 1.62. The Bertz CT molecular complexity index is 1230. The van der Waals surface area contributed by atoms with Crippen molar-refractivity contribution in [1.82, 2.24) is 4.90 Å². The summed E-state index contributed by atoms with van der Waals surface area (Å²) in [5.74, 6) is 0. The molecule has 0 radical (unpaired) electrons. The molecule has 1 fully saturated rings. The van der Waals surface area contributed by atoms with Gasteiger partial charge in [-0.05, 0) is 74.8 Å². The Morgan fingerprint density at radius 1 is 0.743 bits per heavy atom. The number of anilines is 3. The Morgan fingerprint density at radius 2 is 1.29 bits per heavy atom. The van der Waals surface area contributed by atoms with E-state index in [1.54, 1.807) is 24.3 Å². The van der Waals surface area contributed by atoms with E-state index in [0.29, 0.717) is 23.8 Å². The number of benzene rings is 3. The quantitative estimate of drug-likeness (QED) is 0.405. The summed E-state index contributed by atoms with van der Waals surface area (Å²) in [6, 6.07) is 22.0. The summed E-state index contributed by atoms with van der Waals surface area (Å²) in [6.07, 6.45) is 0. The van der Waals surface area contributed by atoms with Crippen LogP contribution in [0.3, 0.4) is 0 Å². The standard InChI is InChI=1S/C26H30Cl2N4O2S/c1-29(2)15-20-32(35(33,34)24-13-9-22(28)10-14-24)26-6-4-3-5-25(26)31-18-16-30(17-19-31)23-11-7-21(27)8-12-23/h3-14H,15-20H2,1-2H3. The summed E-state index contributed by atoms with van der Waals surface area (Å²) in [6.45, 7) is 4.14. The number of hydrogen-bond acceptors (Lipinski definition) is 5. The van der Waals surface area contributed by atoms with Crippen molar-refractivity contribution in [2.45, 2.75) is 4.90 Å². The van der Waals surface area contributed by atoms with Crippen molar-refractivity contribution in [1.29, 1.82) is 0 Å². The molecule has 3 aromatic rings. The normalized spacial score (nSPS) is 14.4. The lowest BCUT2D eigenvalue weighted by Crippen LogP contribution is -2.47. The van der Waals surface area contributed by atoms with Gasteiger partial charge in [-0.15, -0.1) is 0 Å². The predicted molar refractivity (Wildman–Crippen MR) is 147 cm³/mol. The highest BCUT2D eigenvalue weighted by molar-refractivity contribution is 7.92. The van der Waals surface area contributed by atoms with Gasteiger partial charge < -0.3 is 14.7 Å². The Hall–Kier alpha value is -2.45. The van der Waals surface area contributed by atoms with Crippen LogP contribution < -0.4 is 14.1 Å². The lowest BCUT2D eigenvalue weighted by molar-refractivity contribution is 0.419. The van der Waals surface area contributed by atoms with Crippen molar-refractivity contribution in [2.24, 2.45) is 0 Å². The van der Waals surface area contributed by atoms with Crippen LogP contribution >= 0.6 is 23.2 Å². The van der Waals surface area contributed by atoms with Crippen LogP contribution in [0.5, 0.6) is 0 Å². The molecule has 0 bridgehead atoms. The number of halogens is 2. The predicted octanol–water partition coefficient (Wildman–Crippen LogP) is 5.08. The van der Waals surface area contributed by atoms with Gasteiger partial charge in [0.15, 0.2) is 0 Å². The Morgan fingerprint density at radius 3 is 1.89 bits per heavy atom. The first-order valence-electron chi connectivity index (χ1n) is 11.5. The summed E-state index contributed by atoms with van der Waals surface area (Å²) in [5, 5.41) is 1.23. The van der Waals surface area contributed by atoms with Crippen molar-refractivity contribution in [3.05, 3.63) is 82.8 Å². The maximum absolute atomic E-state index is 13.8. The minimum Gasteiger partial charge on any atom is -0.368 e. The number of hydrogen-bond donors (Lipinski definition) is 0. The van der Waals surface area contributed by atoms with Gasteiger partial charge in [0.25, 0.3) is 10.0 Å². The van der Waals surface area contributed by atoms with Crippen molar-refractivity contribution >= 4 is 50.3 Å². The van der Waals surface area contributed by atoms with Gasteiger partial charge in [0.1, 0.15) is 0 Å². The molecule has 0 unspecified atom stereocenters. The van der Waals surface area contributed by atoms with Gasteiger partial charge in [0, 0.05) is 55.0 Å². The fourth-order valence-corrected chi connectivity index (χ4v) is 5.92. The third kappa shape index (κ3) is 6.04. The molecule has 186 valence electrons. The van der Waals surface area contributed by atoms with Crippen LogP contribution in [0.2, 0.25) is 10.0 Å². The zero-order valence-electron chi connectivity index (χ0n) is 19.9. The number of nitrogens with zero attached hydrogens (tertiary/aromatic N) is 4. The Kier molecular flexibility index (Phi) is 8.12.